The fourth-order valence-electron chi connectivity index (χ4n) is 1.71. The maximum Gasteiger partial charge on any atom is 0.306 e. The van der Waals surface area contributed by atoms with Crippen LogP contribution in [0.2, 0.25) is 0 Å². The van der Waals surface area contributed by atoms with Crippen LogP contribution in [0.4, 0.5) is 8.78 Å². The first-order valence-electron chi connectivity index (χ1n) is 5.94. The molecule has 0 bridgehead atoms. The molecule has 6 heteroatoms. The number of aldehydes is 1. The molecule has 0 heterocycles. The van der Waals surface area contributed by atoms with Crippen molar-refractivity contribution in [3.05, 3.63) is 62.5 Å². The number of alkyl halides is 2. The first-order chi connectivity index (χ1) is 9.94. The molecule has 0 amide bonds. The molecular formula is C15H10Br2F2O2. The Balaban J connectivity index is 2.18. The van der Waals surface area contributed by atoms with Gasteiger partial charge in [-0.25, -0.2) is 0 Å². The van der Waals surface area contributed by atoms with Crippen LogP contribution in [0.3, 0.4) is 0 Å². The number of hydrogen-bond donors (Lipinski definition) is 0. The van der Waals surface area contributed by atoms with Crippen molar-refractivity contribution >= 4 is 38.1 Å². The topological polar surface area (TPSA) is 26.3 Å². The number of halogens is 4. The van der Waals surface area contributed by atoms with Crippen molar-refractivity contribution < 1.29 is 18.3 Å². The third-order valence-electron chi connectivity index (χ3n) is 2.75. The monoisotopic (exact) mass is 418 g/mol. The first kappa shape index (κ1) is 16.1. The molecule has 21 heavy (non-hydrogen) atoms. The Morgan fingerprint density at radius 3 is 2.19 bits per heavy atom. The Kier molecular flexibility index (Phi) is 5.11. The van der Waals surface area contributed by atoms with Gasteiger partial charge in [-0.2, -0.15) is 8.78 Å². The van der Waals surface area contributed by atoms with Crippen LogP contribution in [0.5, 0.6) is 5.75 Å². The van der Waals surface area contributed by atoms with Crippen LogP contribution in [0.1, 0.15) is 15.9 Å². The lowest BCUT2D eigenvalue weighted by atomic mass is 10.1. The minimum Gasteiger partial charge on any atom is -0.485 e. The van der Waals surface area contributed by atoms with Crippen molar-refractivity contribution in [2.45, 2.75) is 5.92 Å². The molecule has 0 atom stereocenters. The normalized spacial score (nSPS) is 11.2. The summed E-state index contributed by atoms with van der Waals surface area (Å²) >= 11 is 6.41. The first-order valence-corrected chi connectivity index (χ1v) is 7.53. The SMILES string of the molecule is O=Cc1cc(Br)c(OCC(F)(F)c2ccccc2)c(Br)c1. The largest absolute Gasteiger partial charge is 0.485 e. The number of ether oxygens (including phenoxy) is 1. The van der Waals surface area contributed by atoms with Crippen molar-refractivity contribution in [2.24, 2.45) is 0 Å². The van der Waals surface area contributed by atoms with E-state index in [2.05, 4.69) is 31.9 Å². The maximum atomic E-state index is 14.0. The minimum absolute atomic E-state index is 0.109. The molecule has 2 rings (SSSR count). The van der Waals surface area contributed by atoms with Gasteiger partial charge in [0, 0.05) is 11.1 Å². The van der Waals surface area contributed by atoms with Gasteiger partial charge < -0.3 is 4.74 Å². The molecule has 0 saturated carbocycles. The standard InChI is InChI=1S/C15H10Br2F2O2/c16-12-6-10(8-20)7-13(17)14(12)21-9-15(18,19)11-4-2-1-3-5-11/h1-8H,9H2. The fourth-order valence-corrected chi connectivity index (χ4v) is 3.16. The predicted octanol–water partition coefficient (Wildman–Crippen LogP) is 5.19. The van der Waals surface area contributed by atoms with Crippen molar-refractivity contribution in [1.82, 2.24) is 0 Å². The highest BCUT2D eigenvalue weighted by Crippen LogP contribution is 2.36. The summed E-state index contributed by atoms with van der Waals surface area (Å²) in [7, 11) is 0. The highest BCUT2D eigenvalue weighted by Gasteiger charge is 2.33. The Labute approximate surface area is 137 Å². The quantitative estimate of drug-likeness (QED) is 0.623. The lowest BCUT2D eigenvalue weighted by Crippen LogP contribution is -2.23. The van der Waals surface area contributed by atoms with Gasteiger partial charge >= 0.3 is 5.92 Å². The van der Waals surface area contributed by atoms with E-state index in [1.54, 1.807) is 18.2 Å². The van der Waals surface area contributed by atoms with E-state index in [0.29, 0.717) is 20.8 Å². The molecule has 0 radical (unpaired) electrons. The summed E-state index contributed by atoms with van der Waals surface area (Å²) in [5, 5.41) is 0. The minimum atomic E-state index is -3.11. The number of rotatable bonds is 5. The second kappa shape index (κ2) is 6.66. The lowest BCUT2D eigenvalue weighted by Gasteiger charge is -2.19. The molecule has 2 aromatic rings. The van der Waals surface area contributed by atoms with E-state index in [1.165, 1.54) is 24.3 Å². The molecule has 0 N–H and O–H groups in total. The highest BCUT2D eigenvalue weighted by atomic mass is 79.9. The maximum absolute atomic E-state index is 14.0. The van der Waals surface area contributed by atoms with Gasteiger partial charge in [0.15, 0.2) is 6.61 Å². The number of carbonyl (C=O) groups is 1. The predicted molar refractivity (Wildman–Crippen MR) is 83.1 cm³/mol. The van der Waals surface area contributed by atoms with Crippen LogP contribution in [0.15, 0.2) is 51.4 Å². The fraction of sp³-hybridized carbons (Fsp3) is 0.133. The Morgan fingerprint density at radius 1 is 1.10 bits per heavy atom. The summed E-state index contributed by atoms with van der Waals surface area (Å²) in [5.74, 6) is -2.88. The molecule has 0 aliphatic carbocycles. The molecule has 0 aromatic heterocycles. The van der Waals surface area contributed by atoms with Crippen molar-refractivity contribution in [2.75, 3.05) is 6.61 Å². The van der Waals surface area contributed by atoms with Gasteiger partial charge in [0.25, 0.3) is 0 Å². The molecule has 0 fully saturated rings. The summed E-state index contributed by atoms with van der Waals surface area (Å²) in [5.41, 5.74) is 0.303. The zero-order valence-corrected chi connectivity index (χ0v) is 13.8. The molecule has 0 saturated heterocycles. The Bertz CT molecular complexity index is 622. The zero-order valence-electron chi connectivity index (χ0n) is 10.7. The summed E-state index contributed by atoms with van der Waals surface area (Å²) in [6.07, 6.45) is 0.665. The van der Waals surface area contributed by atoms with Gasteiger partial charge in [-0.15, -0.1) is 0 Å². The molecule has 0 unspecified atom stereocenters. The van der Waals surface area contributed by atoms with Gasteiger partial charge in [-0.05, 0) is 44.0 Å². The van der Waals surface area contributed by atoms with E-state index in [0.717, 1.165) is 0 Å². The van der Waals surface area contributed by atoms with Crippen LogP contribution >= 0.6 is 31.9 Å². The average molecular weight is 420 g/mol. The van der Waals surface area contributed by atoms with Gasteiger partial charge in [0.05, 0.1) is 8.95 Å². The third-order valence-corrected chi connectivity index (χ3v) is 3.93. The third kappa shape index (κ3) is 3.89. The van der Waals surface area contributed by atoms with E-state index in [9.17, 15) is 13.6 Å². The highest BCUT2D eigenvalue weighted by molar-refractivity contribution is 9.11. The summed E-state index contributed by atoms with van der Waals surface area (Å²) < 4.78 is 34.2. The summed E-state index contributed by atoms with van der Waals surface area (Å²) in [6.45, 7) is -0.797. The van der Waals surface area contributed by atoms with Gasteiger partial charge in [-0.3, -0.25) is 4.79 Å². The average Bonchev–Trinajstić information content (AvgIpc) is 2.47. The van der Waals surface area contributed by atoms with E-state index < -0.39 is 12.5 Å². The molecule has 110 valence electrons. The summed E-state index contributed by atoms with van der Waals surface area (Å²) in [6, 6.07) is 10.5. The van der Waals surface area contributed by atoms with Crippen LogP contribution in [0, 0.1) is 0 Å². The molecule has 0 spiro atoms. The Morgan fingerprint density at radius 2 is 1.67 bits per heavy atom. The lowest BCUT2D eigenvalue weighted by molar-refractivity contribution is -0.0471. The van der Waals surface area contributed by atoms with E-state index in [-0.39, 0.29) is 11.3 Å². The number of carbonyl (C=O) groups excluding carboxylic acids is 1. The number of hydrogen-bond acceptors (Lipinski definition) is 2. The van der Waals surface area contributed by atoms with Gasteiger partial charge in [0.1, 0.15) is 12.0 Å². The van der Waals surface area contributed by atoms with Crippen LogP contribution < -0.4 is 4.74 Å². The van der Waals surface area contributed by atoms with Crippen LogP contribution in [-0.4, -0.2) is 12.9 Å². The smallest absolute Gasteiger partial charge is 0.306 e. The molecule has 0 aliphatic heterocycles. The zero-order chi connectivity index (χ0) is 15.5. The van der Waals surface area contributed by atoms with Crippen LogP contribution in [-0.2, 0) is 5.92 Å². The molecule has 2 nitrogen and oxygen atoms in total. The van der Waals surface area contributed by atoms with Crippen molar-refractivity contribution in [3.63, 3.8) is 0 Å². The van der Waals surface area contributed by atoms with Gasteiger partial charge in [0.2, 0.25) is 0 Å². The summed E-state index contributed by atoms with van der Waals surface area (Å²) in [4.78, 5) is 10.7. The molecule has 0 aliphatic rings. The number of benzene rings is 2. The Hall–Kier alpha value is -1.27. The van der Waals surface area contributed by atoms with E-state index >= 15 is 0 Å². The van der Waals surface area contributed by atoms with Crippen molar-refractivity contribution in [1.29, 1.82) is 0 Å². The molecule has 2 aromatic carbocycles. The van der Waals surface area contributed by atoms with E-state index in [4.69, 9.17) is 4.74 Å². The second-order valence-corrected chi connectivity index (χ2v) is 6.00. The van der Waals surface area contributed by atoms with E-state index in [1.807, 2.05) is 0 Å². The molecular weight excluding hydrogens is 410 g/mol. The van der Waals surface area contributed by atoms with Crippen molar-refractivity contribution in [3.8, 4) is 5.75 Å². The van der Waals surface area contributed by atoms with Gasteiger partial charge in [-0.1, -0.05) is 30.3 Å². The second-order valence-electron chi connectivity index (χ2n) is 4.29. The van der Waals surface area contributed by atoms with Crippen LogP contribution in [0.25, 0.3) is 0 Å².